The van der Waals surface area contributed by atoms with Crippen LogP contribution in [0.2, 0.25) is 0 Å². The van der Waals surface area contributed by atoms with Crippen molar-refractivity contribution in [1.82, 2.24) is 4.90 Å². The van der Waals surface area contributed by atoms with E-state index in [9.17, 15) is 9.59 Å². The van der Waals surface area contributed by atoms with Crippen molar-refractivity contribution >= 4 is 11.9 Å². The van der Waals surface area contributed by atoms with Gasteiger partial charge in [-0.25, -0.2) is 0 Å². The topological polar surface area (TPSA) is 77.8 Å². The van der Waals surface area contributed by atoms with Crippen LogP contribution >= 0.6 is 0 Å². The lowest BCUT2D eigenvalue weighted by Gasteiger charge is -2.34. The lowest BCUT2D eigenvalue weighted by atomic mass is 10.00. The second-order valence-corrected chi connectivity index (χ2v) is 4.83. The molecule has 94 valence electrons. The Morgan fingerprint density at radius 2 is 1.81 bits per heavy atom. The van der Waals surface area contributed by atoms with Crippen LogP contribution in [0.4, 0.5) is 0 Å². The molecular weight excluding hydrogens is 210 g/mol. The molecule has 0 aromatic heterocycles. The average Bonchev–Trinajstić information content (AvgIpc) is 2.14. The van der Waals surface area contributed by atoms with Crippen molar-refractivity contribution in [3.8, 4) is 0 Å². The third-order valence-corrected chi connectivity index (χ3v) is 2.72. The predicted molar refractivity (Wildman–Crippen MR) is 60.0 cm³/mol. The Morgan fingerprint density at radius 1 is 1.31 bits per heavy atom. The molecule has 0 rings (SSSR count). The predicted octanol–water partition coefficient (Wildman–Crippen LogP) is 0.717. The molecule has 0 fully saturated rings. The molecule has 0 bridgehead atoms. The quantitative estimate of drug-likeness (QED) is 0.706. The SMILES string of the molecule is CC(CC(=O)O)CC(=O)N(C)C(C)(C)CO. The van der Waals surface area contributed by atoms with E-state index < -0.39 is 11.5 Å². The first-order valence-corrected chi connectivity index (χ1v) is 5.30. The fraction of sp³-hybridized carbons (Fsp3) is 0.818. The number of nitrogens with zero attached hydrogens (tertiary/aromatic N) is 1. The van der Waals surface area contributed by atoms with Crippen LogP contribution < -0.4 is 0 Å². The molecule has 2 N–H and O–H groups in total. The van der Waals surface area contributed by atoms with Gasteiger partial charge in [-0.3, -0.25) is 9.59 Å². The third kappa shape index (κ3) is 4.61. The number of carbonyl (C=O) groups is 2. The van der Waals surface area contributed by atoms with Crippen LogP contribution in [0.1, 0.15) is 33.6 Å². The molecule has 0 aliphatic rings. The molecule has 0 aromatic rings. The zero-order valence-electron chi connectivity index (χ0n) is 10.4. The van der Waals surface area contributed by atoms with Gasteiger partial charge >= 0.3 is 5.97 Å². The van der Waals surface area contributed by atoms with Crippen LogP contribution in [-0.4, -0.2) is 46.2 Å². The minimum Gasteiger partial charge on any atom is -0.481 e. The lowest BCUT2D eigenvalue weighted by molar-refractivity contribution is -0.139. The van der Waals surface area contributed by atoms with Crippen molar-refractivity contribution in [2.75, 3.05) is 13.7 Å². The van der Waals surface area contributed by atoms with E-state index in [-0.39, 0.29) is 31.3 Å². The molecule has 1 atom stereocenters. The van der Waals surface area contributed by atoms with Crippen LogP contribution in [0, 0.1) is 5.92 Å². The highest BCUT2D eigenvalue weighted by molar-refractivity contribution is 5.77. The third-order valence-electron chi connectivity index (χ3n) is 2.72. The van der Waals surface area contributed by atoms with Gasteiger partial charge in [0.15, 0.2) is 0 Å². The Bertz CT molecular complexity index is 263. The molecule has 5 heteroatoms. The molecule has 16 heavy (non-hydrogen) atoms. The standard InChI is InChI=1S/C11H21NO4/c1-8(6-10(15)16)5-9(14)12(4)11(2,3)7-13/h8,13H,5-7H2,1-4H3,(H,15,16). The van der Waals surface area contributed by atoms with E-state index in [2.05, 4.69) is 0 Å². The summed E-state index contributed by atoms with van der Waals surface area (Å²) in [5.41, 5.74) is -0.611. The number of carboxylic acid groups (broad SMARTS) is 1. The van der Waals surface area contributed by atoms with Gasteiger partial charge in [0.05, 0.1) is 12.1 Å². The van der Waals surface area contributed by atoms with E-state index in [0.717, 1.165) is 0 Å². The van der Waals surface area contributed by atoms with E-state index in [1.807, 2.05) is 0 Å². The molecule has 0 aromatic carbocycles. The Labute approximate surface area is 96.1 Å². The number of aliphatic hydroxyl groups is 1. The number of carboxylic acids is 1. The molecule has 0 saturated heterocycles. The van der Waals surface area contributed by atoms with Gasteiger partial charge in [-0.15, -0.1) is 0 Å². The van der Waals surface area contributed by atoms with Crippen LogP contribution in [0.3, 0.4) is 0 Å². The van der Waals surface area contributed by atoms with E-state index >= 15 is 0 Å². The van der Waals surface area contributed by atoms with Crippen molar-refractivity contribution in [2.24, 2.45) is 5.92 Å². The summed E-state index contributed by atoms with van der Waals surface area (Å²) in [7, 11) is 1.62. The summed E-state index contributed by atoms with van der Waals surface area (Å²) in [4.78, 5) is 23.7. The number of aliphatic carboxylic acids is 1. The average molecular weight is 231 g/mol. The number of likely N-dealkylation sites (N-methyl/N-ethyl adjacent to an activating group) is 1. The molecule has 0 spiro atoms. The molecular formula is C11H21NO4. The number of hydrogen-bond acceptors (Lipinski definition) is 3. The van der Waals surface area contributed by atoms with E-state index in [0.29, 0.717) is 0 Å². The number of amides is 1. The first-order chi connectivity index (χ1) is 7.20. The van der Waals surface area contributed by atoms with Crippen molar-refractivity contribution in [3.63, 3.8) is 0 Å². The summed E-state index contributed by atoms with van der Waals surface area (Å²) in [5.74, 6) is -1.24. The Hall–Kier alpha value is -1.10. The molecule has 0 aliphatic heterocycles. The van der Waals surface area contributed by atoms with Crippen molar-refractivity contribution < 1.29 is 19.8 Å². The molecule has 0 aliphatic carbocycles. The van der Waals surface area contributed by atoms with Crippen LogP contribution in [0.5, 0.6) is 0 Å². The number of aliphatic hydroxyl groups excluding tert-OH is 1. The minimum atomic E-state index is -0.899. The van der Waals surface area contributed by atoms with Gasteiger partial charge in [0, 0.05) is 19.9 Å². The van der Waals surface area contributed by atoms with E-state index in [4.69, 9.17) is 10.2 Å². The number of carbonyl (C=O) groups excluding carboxylic acids is 1. The zero-order valence-corrected chi connectivity index (χ0v) is 10.4. The summed E-state index contributed by atoms with van der Waals surface area (Å²) >= 11 is 0. The maximum atomic E-state index is 11.8. The number of hydrogen-bond donors (Lipinski definition) is 2. The molecule has 0 heterocycles. The van der Waals surface area contributed by atoms with Crippen LogP contribution in [0.25, 0.3) is 0 Å². The van der Waals surface area contributed by atoms with Crippen molar-refractivity contribution in [1.29, 1.82) is 0 Å². The second-order valence-electron chi connectivity index (χ2n) is 4.83. The van der Waals surface area contributed by atoms with Crippen molar-refractivity contribution in [2.45, 2.75) is 39.2 Å². The highest BCUT2D eigenvalue weighted by atomic mass is 16.4. The van der Waals surface area contributed by atoms with E-state index in [1.165, 1.54) is 4.90 Å². The fourth-order valence-corrected chi connectivity index (χ4v) is 1.25. The molecule has 0 saturated carbocycles. The minimum absolute atomic E-state index is 0.0147. The van der Waals surface area contributed by atoms with Gasteiger partial charge in [0.1, 0.15) is 0 Å². The first kappa shape index (κ1) is 14.9. The molecule has 5 nitrogen and oxygen atoms in total. The maximum absolute atomic E-state index is 11.8. The summed E-state index contributed by atoms with van der Waals surface area (Å²) in [5, 5.41) is 17.7. The Balaban J connectivity index is 4.31. The fourth-order valence-electron chi connectivity index (χ4n) is 1.25. The highest BCUT2D eigenvalue weighted by Crippen LogP contribution is 2.16. The van der Waals surface area contributed by atoms with Gasteiger partial charge < -0.3 is 15.1 Å². The Kier molecular flexibility index (Phi) is 5.44. The summed E-state index contributed by atoms with van der Waals surface area (Å²) < 4.78 is 0. The Morgan fingerprint density at radius 3 is 2.19 bits per heavy atom. The molecule has 0 radical (unpaired) electrons. The molecule has 1 amide bonds. The summed E-state index contributed by atoms with van der Waals surface area (Å²) in [6, 6.07) is 0. The second kappa shape index (κ2) is 5.84. The normalized spacial score (nSPS) is 13.3. The van der Waals surface area contributed by atoms with Gasteiger partial charge in [0.2, 0.25) is 5.91 Å². The largest absolute Gasteiger partial charge is 0.481 e. The van der Waals surface area contributed by atoms with Crippen LogP contribution in [-0.2, 0) is 9.59 Å². The monoisotopic (exact) mass is 231 g/mol. The van der Waals surface area contributed by atoms with Crippen LogP contribution in [0.15, 0.2) is 0 Å². The highest BCUT2D eigenvalue weighted by Gasteiger charge is 2.27. The number of rotatable bonds is 6. The van der Waals surface area contributed by atoms with Gasteiger partial charge in [-0.05, 0) is 19.8 Å². The summed E-state index contributed by atoms with van der Waals surface area (Å²) in [6.07, 6.45) is 0.172. The van der Waals surface area contributed by atoms with Gasteiger partial charge in [-0.1, -0.05) is 6.92 Å². The smallest absolute Gasteiger partial charge is 0.303 e. The first-order valence-electron chi connectivity index (χ1n) is 5.30. The molecule has 1 unspecified atom stereocenters. The lowest BCUT2D eigenvalue weighted by Crippen LogP contribution is -2.48. The van der Waals surface area contributed by atoms with Gasteiger partial charge in [-0.2, -0.15) is 0 Å². The van der Waals surface area contributed by atoms with Crippen molar-refractivity contribution in [3.05, 3.63) is 0 Å². The van der Waals surface area contributed by atoms with E-state index in [1.54, 1.807) is 27.8 Å². The zero-order chi connectivity index (χ0) is 12.9. The van der Waals surface area contributed by atoms with Gasteiger partial charge in [0.25, 0.3) is 0 Å². The maximum Gasteiger partial charge on any atom is 0.303 e. The summed E-state index contributed by atoms with van der Waals surface area (Å²) in [6.45, 7) is 5.12.